The van der Waals surface area contributed by atoms with E-state index >= 15 is 0 Å². The highest BCUT2D eigenvalue weighted by molar-refractivity contribution is 5.03. The molecule has 1 saturated carbocycles. The van der Waals surface area contributed by atoms with Crippen molar-refractivity contribution in [2.45, 2.75) is 45.1 Å². The van der Waals surface area contributed by atoms with Crippen LogP contribution in [0.2, 0.25) is 0 Å². The molecule has 0 atom stereocenters. The van der Waals surface area contributed by atoms with Crippen LogP contribution in [0.4, 0.5) is 0 Å². The van der Waals surface area contributed by atoms with Crippen LogP contribution in [0.1, 0.15) is 39.0 Å². The predicted molar refractivity (Wildman–Crippen MR) is 55.4 cm³/mol. The van der Waals surface area contributed by atoms with Gasteiger partial charge in [-0.15, -0.1) is 11.8 Å². The first-order valence-corrected chi connectivity index (χ1v) is 5.56. The van der Waals surface area contributed by atoms with Gasteiger partial charge in [0.05, 0.1) is 0 Å². The average molecular weight is 177 g/mol. The first-order chi connectivity index (χ1) is 6.40. The van der Waals surface area contributed by atoms with Gasteiger partial charge in [0.1, 0.15) is 0 Å². The van der Waals surface area contributed by atoms with Gasteiger partial charge in [0, 0.05) is 12.0 Å². The normalized spacial score (nSPS) is 26.2. The summed E-state index contributed by atoms with van der Waals surface area (Å²) in [5.41, 5.74) is 0. The number of rotatable bonds is 1. The van der Waals surface area contributed by atoms with Crippen molar-refractivity contribution in [2.75, 3.05) is 13.1 Å². The summed E-state index contributed by atoms with van der Waals surface area (Å²) in [4.78, 5) is 2.68. The minimum atomic E-state index is 0.696. The number of likely N-dealkylation sites (tertiary alicyclic amines) is 1. The summed E-state index contributed by atoms with van der Waals surface area (Å²) in [6, 6.07) is 0.940. The molecule has 1 heteroatoms. The summed E-state index contributed by atoms with van der Waals surface area (Å²) in [5, 5.41) is 0. The Morgan fingerprint density at radius 1 is 1.08 bits per heavy atom. The van der Waals surface area contributed by atoms with E-state index in [0.717, 1.165) is 6.04 Å². The average Bonchev–Trinajstić information content (AvgIpc) is 2.06. The van der Waals surface area contributed by atoms with E-state index in [1.165, 1.54) is 45.2 Å². The van der Waals surface area contributed by atoms with Gasteiger partial charge < -0.3 is 4.90 Å². The van der Waals surface area contributed by atoms with Crippen LogP contribution in [-0.2, 0) is 0 Å². The van der Waals surface area contributed by atoms with E-state index in [-0.39, 0.29) is 0 Å². The van der Waals surface area contributed by atoms with Gasteiger partial charge in [-0.2, -0.15) is 0 Å². The van der Waals surface area contributed by atoms with E-state index in [4.69, 9.17) is 0 Å². The van der Waals surface area contributed by atoms with Crippen molar-refractivity contribution in [2.24, 2.45) is 5.92 Å². The number of hydrogen-bond donors (Lipinski definition) is 0. The predicted octanol–water partition coefficient (Wildman–Crippen LogP) is 2.27. The second kappa shape index (κ2) is 4.15. The van der Waals surface area contributed by atoms with E-state index in [9.17, 15) is 0 Å². The highest BCUT2D eigenvalue weighted by atomic mass is 15.2. The summed E-state index contributed by atoms with van der Waals surface area (Å²) in [7, 11) is 0. The maximum Gasteiger partial charge on any atom is 0.0227 e. The van der Waals surface area contributed by atoms with Gasteiger partial charge in [-0.25, -0.2) is 0 Å². The molecule has 1 aliphatic heterocycles. The highest BCUT2D eigenvalue weighted by Crippen LogP contribution is 2.28. The molecule has 0 amide bonds. The topological polar surface area (TPSA) is 3.24 Å². The number of piperidine rings is 1. The summed E-state index contributed by atoms with van der Waals surface area (Å²) in [6.07, 6.45) is 6.96. The quantitative estimate of drug-likeness (QED) is 0.555. The molecular formula is C12H19N. The lowest BCUT2D eigenvalue weighted by atomic mass is 9.88. The van der Waals surface area contributed by atoms with Crippen LogP contribution in [0.5, 0.6) is 0 Å². The molecule has 1 aliphatic carbocycles. The zero-order valence-electron chi connectivity index (χ0n) is 8.55. The third-order valence-corrected chi connectivity index (χ3v) is 3.47. The lowest BCUT2D eigenvalue weighted by Gasteiger charge is -2.41. The van der Waals surface area contributed by atoms with Crippen molar-refractivity contribution in [3.8, 4) is 11.8 Å². The zero-order valence-corrected chi connectivity index (χ0v) is 8.55. The Labute approximate surface area is 81.5 Å². The molecule has 2 fully saturated rings. The Bertz CT molecular complexity index is 211. The summed E-state index contributed by atoms with van der Waals surface area (Å²) in [5.74, 6) is 7.04. The fourth-order valence-corrected chi connectivity index (χ4v) is 2.36. The van der Waals surface area contributed by atoms with Gasteiger partial charge in [0.2, 0.25) is 0 Å². The molecule has 0 aromatic rings. The number of nitrogens with zero attached hydrogens (tertiary/aromatic N) is 1. The van der Waals surface area contributed by atoms with Gasteiger partial charge in [0.15, 0.2) is 0 Å². The van der Waals surface area contributed by atoms with Gasteiger partial charge in [-0.05, 0) is 45.7 Å². The van der Waals surface area contributed by atoms with E-state index in [0.29, 0.717) is 5.92 Å². The maximum atomic E-state index is 3.30. The summed E-state index contributed by atoms with van der Waals surface area (Å²) >= 11 is 0. The van der Waals surface area contributed by atoms with Crippen molar-refractivity contribution in [1.29, 1.82) is 0 Å². The standard InChI is InChI=1S/C12H19N/c1-2-4-11-7-9-13(10-8-11)12-5-3-6-12/h11-12H,3,5-10H2,1H3. The van der Waals surface area contributed by atoms with Crippen molar-refractivity contribution in [3.05, 3.63) is 0 Å². The fourth-order valence-electron chi connectivity index (χ4n) is 2.36. The SMILES string of the molecule is CC#CC1CCN(C2CCC2)CC1. The van der Waals surface area contributed by atoms with Crippen molar-refractivity contribution in [1.82, 2.24) is 4.90 Å². The molecule has 1 saturated heterocycles. The lowest BCUT2D eigenvalue weighted by molar-refractivity contribution is 0.0945. The van der Waals surface area contributed by atoms with Crippen LogP contribution in [-0.4, -0.2) is 24.0 Å². The molecule has 0 spiro atoms. The van der Waals surface area contributed by atoms with Crippen LogP contribution in [0, 0.1) is 17.8 Å². The molecule has 72 valence electrons. The molecule has 2 rings (SSSR count). The van der Waals surface area contributed by atoms with Gasteiger partial charge in [0.25, 0.3) is 0 Å². The van der Waals surface area contributed by atoms with E-state index in [1.807, 2.05) is 6.92 Å². The first kappa shape index (κ1) is 9.09. The molecule has 0 aromatic heterocycles. The molecule has 0 unspecified atom stereocenters. The van der Waals surface area contributed by atoms with Gasteiger partial charge in [-0.1, -0.05) is 6.42 Å². The molecular weight excluding hydrogens is 158 g/mol. The Morgan fingerprint density at radius 2 is 1.77 bits per heavy atom. The minimum Gasteiger partial charge on any atom is -0.300 e. The smallest absolute Gasteiger partial charge is 0.0227 e. The van der Waals surface area contributed by atoms with E-state index < -0.39 is 0 Å². The molecule has 0 bridgehead atoms. The van der Waals surface area contributed by atoms with Crippen molar-refractivity contribution in [3.63, 3.8) is 0 Å². The second-order valence-corrected chi connectivity index (χ2v) is 4.29. The maximum absolute atomic E-state index is 3.30. The van der Waals surface area contributed by atoms with Crippen LogP contribution in [0.15, 0.2) is 0 Å². The fraction of sp³-hybridized carbons (Fsp3) is 0.833. The molecule has 2 aliphatic rings. The monoisotopic (exact) mass is 177 g/mol. The minimum absolute atomic E-state index is 0.696. The van der Waals surface area contributed by atoms with Crippen LogP contribution >= 0.6 is 0 Å². The second-order valence-electron chi connectivity index (χ2n) is 4.29. The molecule has 1 nitrogen and oxygen atoms in total. The Hall–Kier alpha value is -0.480. The number of hydrogen-bond acceptors (Lipinski definition) is 1. The molecule has 13 heavy (non-hydrogen) atoms. The van der Waals surface area contributed by atoms with Crippen molar-refractivity contribution >= 4 is 0 Å². The summed E-state index contributed by atoms with van der Waals surface area (Å²) < 4.78 is 0. The van der Waals surface area contributed by atoms with Gasteiger partial charge >= 0.3 is 0 Å². The lowest BCUT2D eigenvalue weighted by Crippen LogP contribution is -2.44. The molecule has 0 N–H and O–H groups in total. The first-order valence-electron chi connectivity index (χ1n) is 5.56. The van der Waals surface area contributed by atoms with Crippen LogP contribution in [0.3, 0.4) is 0 Å². The van der Waals surface area contributed by atoms with Gasteiger partial charge in [-0.3, -0.25) is 0 Å². The Kier molecular flexibility index (Phi) is 2.90. The van der Waals surface area contributed by atoms with Crippen LogP contribution < -0.4 is 0 Å². The highest BCUT2D eigenvalue weighted by Gasteiger charge is 2.27. The van der Waals surface area contributed by atoms with Crippen molar-refractivity contribution < 1.29 is 0 Å². The zero-order chi connectivity index (χ0) is 9.10. The third kappa shape index (κ3) is 2.06. The van der Waals surface area contributed by atoms with Crippen LogP contribution in [0.25, 0.3) is 0 Å². The molecule has 1 heterocycles. The molecule has 0 radical (unpaired) electrons. The van der Waals surface area contributed by atoms with E-state index in [1.54, 1.807) is 0 Å². The largest absolute Gasteiger partial charge is 0.300 e. The summed E-state index contributed by atoms with van der Waals surface area (Å²) in [6.45, 7) is 4.55. The van der Waals surface area contributed by atoms with E-state index in [2.05, 4.69) is 16.7 Å². The third-order valence-electron chi connectivity index (χ3n) is 3.47. The molecule has 0 aromatic carbocycles. The Balaban J connectivity index is 1.77. The Morgan fingerprint density at radius 3 is 2.23 bits per heavy atom.